The zero-order valence-corrected chi connectivity index (χ0v) is 9.91. The minimum atomic E-state index is -0.394. The van der Waals surface area contributed by atoms with Crippen molar-refractivity contribution in [3.8, 4) is 0 Å². The van der Waals surface area contributed by atoms with Crippen molar-refractivity contribution in [3.63, 3.8) is 0 Å². The van der Waals surface area contributed by atoms with Gasteiger partial charge in [0.2, 0.25) is 0 Å². The summed E-state index contributed by atoms with van der Waals surface area (Å²) in [4.78, 5) is 11.1. The van der Waals surface area contributed by atoms with Crippen LogP contribution >= 0.6 is 0 Å². The van der Waals surface area contributed by atoms with Gasteiger partial charge in [0, 0.05) is 12.2 Å². The number of carbonyl (C=O) groups is 1. The smallest absolute Gasteiger partial charge is 0.333 e. The van der Waals surface area contributed by atoms with Crippen molar-refractivity contribution in [3.05, 3.63) is 12.2 Å². The van der Waals surface area contributed by atoms with Crippen LogP contribution in [0.2, 0.25) is 0 Å². The van der Waals surface area contributed by atoms with Crippen LogP contribution < -0.4 is 0 Å². The third-order valence-corrected chi connectivity index (χ3v) is 1.62. The molecule has 0 heterocycles. The van der Waals surface area contributed by atoms with E-state index in [1.54, 1.807) is 13.8 Å². The summed E-state index contributed by atoms with van der Waals surface area (Å²) in [5.74, 6) is -0.394. The molecule has 0 spiro atoms. The molecule has 0 amide bonds. The van der Waals surface area contributed by atoms with Gasteiger partial charge < -0.3 is 14.2 Å². The third-order valence-electron chi connectivity index (χ3n) is 1.62. The molecule has 0 aliphatic heterocycles. The Hall–Kier alpha value is -0.870. The van der Waals surface area contributed by atoms with Crippen LogP contribution in [0.15, 0.2) is 12.2 Å². The predicted molar refractivity (Wildman–Crippen MR) is 57.4 cm³/mol. The second-order valence-electron chi connectivity index (χ2n) is 3.35. The maximum Gasteiger partial charge on any atom is 0.333 e. The minimum Gasteiger partial charge on any atom is -0.460 e. The lowest BCUT2D eigenvalue weighted by Crippen LogP contribution is -2.25. The Labute approximate surface area is 91.2 Å². The van der Waals surface area contributed by atoms with Crippen LogP contribution in [0.5, 0.6) is 0 Å². The molecule has 0 aliphatic carbocycles. The molecule has 0 aromatic rings. The lowest BCUT2D eigenvalue weighted by Gasteiger charge is -2.18. The Bertz CT molecular complexity index is 213. The first kappa shape index (κ1) is 14.1. The zero-order valence-electron chi connectivity index (χ0n) is 9.91. The molecule has 0 fully saturated rings. The Balaban J connectivity index is 3.70. The highest BCUT2D eigenvalue weighted by atomic mass is 16.7. The van der Waals surface area contributed by atoms with Crippen LogP contribution in [-0.2, 0) is 19.0 Å². The molecular weight excluding hydrogens is 196 g/mol. The molecular formula is C11H20O4. The Morgan fingerprint density at radius 3 is 2.47 bits per heavy atom. The van der Waals surface area contributed by atoms with Crippen molar-refractivity contribution in [2.75, 3.05) is 13.2 Å². The fourth-order valence-corrected chi connectivity index (χ4v) is 0.957. The average molecular weight is 216 g/mol. The molecule has 0 aromatic heterocycles. The molecule has 0 bridgehead atoms. The summed E-state index contributed by atoms with van der Waals surface area (Å²) in [7, 11) is 0. The van der Waals surface area contributed by atoms with E-state index in [-0.39, 0.29) is 19.0 Å². The van der Waals surface area contributed by atoms with Gasteiger partial charge in [0.05, 0.1) is 6.10 Å². The van der Waals surface area contributed by atoms with Crippen LogP contribution in [0.25, 0.3) is 0 Å². The molecule has 0 saturated carbocycles. The van der Waals surface area contributed by atoms with Crippen LogP contribution in [0.3, 0.4) is 0 Å². The molecule has 0 rings (SSSR count). The zero-order chi connectivity index (χ0) is 11.8. The lowest BCUT2D eigenvalue weighted by atomic mass is 10.3. The molecule has 0 N–H and O–H groups in total. The number of hydrogen-bond acceptors (Lipinski definition) is 4. The van der Waals surface area contributed by atoms with Gasteiger partial charge in [0.1, 0.15) is 6.61 Å². The standard InChI is InChI=1S/C11H20O4/c1-6-13-10(5)15-9(4)7-14-11(12)8(2)3/h9-10H,2,6-7H2,1,3-5H3. The average Bonchev–Trinajstić information content (AvgIpc) is 2.14. The van der Waals surface area contributed by atoms with Gasteiger partial charge >= 0.3 is 5.97 Å². The van der Waals surface area contributed by atoms with Gasteiger partial charge in [-0.3, -0.25) is 0 Å². The summed E-state index contributed by atoms with van der Waals surface area (Å²) in [6, 6.07) is 0. The van der Waals surface area contributed by atoms with Crippen molar-refractivity contribution in [1.82, 2.24) is 0 Å². The third kappa shape index (κ3) is 7.11. The number of esters is 1. The van der Waals surface area contributed by atoms with Gasteiger partial charge in [-0.25, -0.2) is 4.79 Å². The first-order valence-electron chi connectivity index (χ1n) is 5.07. The molecule has 4 heteroatoms. The topological polar surface area (TPSA) is 44.8 Å². The number of hydrogen-bond donors (Lipinski definition) is 0. The van der Waals surface area contributed by atoms with Crippen molar-refractivity contribution in [1.29, 1.82) is 0 Å². The summed E-state index contributed by atoms with van der Waals surface area (Å²) in [5.41, 5.74) is 0.389. The summed E-state index contributed by atoms with van der Waals surface area (Å²) in [6.45, 7) is 11.4. The van der Waals surface area contributed by atoms with Crippen molar-refractivity contribution < 1.29 is 19.0 Å². The fraction of sp³-hybridized carbons (Fsp3) is 0.727. The van der Waals surface area contributed by atoms with Crippen molar-refractivity contribution in [2.45, 2.75) is 40.1 Å². The molecule has 0 radical (unpaired) electrons. The van der Waals surface area contributed by atoms with Gasteiger partial charge in [0.25, 0.3) is 0 Å². The molecule has 2 atom stereocenters. The van der Waals surface area contributed by atoms with Crippen LogP contribution in [0.1, 0.15) is 27.7 Å². The number of ether oxygens (including phenoxy) is 3. The van der Waals surface area contributed by atoms with Crippen LogP contribution in [0.4, 0.5) is 0 Å². The highest BCUT2D eigenvalue weighted by Gasteiger charge is 2.11. The fourth-order valence-electron chi connectivity index (χ4n) is 0.957. The predicted octanol–water partition coefficient (Wildman–Crippen LogP) is 1.89. The second-order valence-corrected chi connectivity index (χ2v) is 3.35. The molecule has 0 aliphatic rings. The maximum atomic E-state index is 11.1. The normalized spacial score (nSPS) is 14.4. The van der Waals surface area contributed by atoms with Gasteiger partial charge in [0.15, 0.2) is 6.29 Å². The van der Waals surface area contributed by atoms with Crippen LogP contribution in [-0.4, -0.2) is 31.6 Å². The van der Waals surface area contributed by atoms with Gasteiger partial charge in [-0.15, -0.1) is 0 Å². The van der Waals surface area contributed by atoms with E-state index in [0.717, 1.165) is 0 Å². The minimum absolute atomic E-state index is 0.185. The maximum absolute atomic E-state index is 11.1. The second kappa shape index (κ2) is 7.43. The van der Waals surface area contributed by atoms with E-state index >= 15 is 0 Å². The van der Waals surface area contributed by atoms with Crippen molar-refractivity contribution >= 4 is 5.97 Å². The Morgan fingerprint density at radius 1 is 1.40 bits per heavy atom. The summed E-state index contributed by atoms with van der Waals surface area (Å²) in [6.07, 6.45) is -0.469. The molecule has 15 heavy (non-hydrogen) atoms. The molecule has 88 valence electrons. The summed E-state index contributed by atoms with van der Waals surface area (Å²) in [5, 5.41) is 0. The quantitative estimate of drug-likeness (QED) is 0.370. The van der Waals surface area contributed by atoms with Gasteiger partial charge in [-0.1, -0.05) is 6.58 Å². The monoisotopic (exact) mass is 216 g/mol. The van der Waals surface area contributed by atoms with E-state index < -0.39 is 5.97 Å². The van der Waals surface area contributed by atoms with Crippen LogP contribution in [0, 0.1) is 0 Å². The number of rotatable bonds is 7. The Kier molecular flexibility index (Phi) is 6.99. The number of carbonyl (C=O) groups excluding carboxylic acids is 1. The SMILES string of the molecule is C=C(C)C(=O)OCC(C)OC(C)OCC. The molecule has 0 aromatic carbocycles. The molecule has 4 nitrogen and oxygen atoms in total. The van der Waals surface area contributed by atoms with E-state index in [0.29, 0.717) is 12.2 Å². The molecule has 0 saturated heterocycles. The first-order valence-corrected chi connectivity index (χ1v) is 5.07. The highest BCUT2D eigenvalue weighted by molar-refractivity contribution is 5.86. The van der Waals surface area contributed by atoms with Gasteiger partial charge in [-0.2, -0.15) is 0 Å². The van der Waals surface area contributed by atoms with Gasteiger partial charge in [-0.05, 0) is 27.7 Å². The Morgan fingerprint density at radius 2 is 2.00 bits per heavy atom. The largest absolute Gasteiger partial charge is 0.460 e. The summed E-state index contributed by atoms with van der Waals surface area (Å²) < 4.78 is 15.5. The van der Waals surface area contributed by atoms with E-state index in [4.69, 9.17) is 14.2 Å². The first-order chi connectivity index (χ1) is 6.97. The highest BCUT2D eigenvalue weighted by Crippen LogP contribution is 2.02. The van der Waals surface area contributed by atoms with E-state index in [1.165, 1.54) is 0 Å². The lowest BCUT2D eigenvalue weighted by molar-refractivity contribution is -0.171. The van der Waals surface area contributed by atoms with E-state index in [9.17, 15) is 4.79 Å². The van der Waals surface area contributed by atoms with Crippen molar-refractivity contribution in [2.24, 2.45) is 0 Å². The summed E-state index contributed by atoms with van der Waals surface area (Å²) >= 11 is 0. The molecule has 2 unspecified atom stereocenters. The van der Waals surface area contributed by atoms with E-state index in [2.05, 4.69) is 6.58 Å². The van der Waals surface area contributed by atoms with E-state index in [1.807, 2.05) is 13.8 Å².